The molecule has 3 rings (SSSR count). The van der Waals surface area contributed by atoms with Gasteiger partial charge in [0.1, 0.15) is 0 Å². The lowest BCUT2D eigenvalue weighted by molar-refractivity contribution is -0.115. The number of hydrogen-bond donors (Lipinski definition) is 1. The number of hydrogen-bond acceptors (Lipinski definition) is 4. The number of alkyl halides is 2. The van der Waals surface area contributed by atoms with Crippen LogP contribution in [0.25, 0.3) is 0 Å². The second kappa shape index (κ2) is 10.1. The maximum absolute atomic E-state index is 12.8. The third-order valence-electron chi connectivity index (χ3n) is 4.69. The third-order valence-corrected chi connectivity index (χ3v) is 7.88. The summed E-state index contributed by atoms with van der Waals surface area (Å²) in [6.45, 7) is 1.04. The van der Waals surface area contributed by atoms with Gasteiger partial charge in [-0.15, -0.1) is 0 Å². The summed E-state index contributed by atoms with van der Waals surface area (Å²) in [5.74, 6) is -3.09. The first-order valence-electron chi connectivity index (χ1n) is 9.39. The fraction of sp³-hybridized carbons (Fsp3) is 0.350. The van der Waals surface area contributed by atoms with Crippen molar-refractivity contribution in [3.05, 3.63) is 53.1 Å². The van der Waals surface area contributed by atoms with E-state index in [9.17, 15) is 22.0 Å². The number of halogens is 3. The van der Waals surface area contributed by atoms with Crippen LogP contribution in [0.4, 0.5) is 14.5 Å². The SMILES string of the molecule is O=C(Cc1ccc(S(=O)(=O)N2CCCCC2)cc1)Nc1cccc(Cl)c1SC(F)F. The molecule has 0 aromatic heterocycles. The zero-order valence-corrected chi connectivity index (χ0v) is 18.4. The van der Waals surface area contributed by atoms with Gasteiger partial charge in [0.25, 0.3) is 5.76 Å². The van der Waals surface area contributed by atoms with Crippen molar-refractivity contribution in [2.75, 3.05) is 18.4 Å². The molecule has 1 aliphatic heterocycles. The van der Waals surface area contributed by atoms with Crippen molar-refractivity contribution in [1.29, 1.82) is 0 Å². The van der Waals surface area contributed by atoms with E-state index in [2.05, 4.69) is 5.32 Å². The Labute approximate surface area is 183 Å². The van der Waals surface area contributed by atoms with Crippen molar-refractivity contribution in [2.24, 2.45) is 0 Å². The van der Waals surface area contributed by atoms with E-state index in [4.69, 9.17) is 11.6 Å². The average molecular weight is 475 g/mol. The first-order chi connectivity index (χ1) is 14.3. The highest BCUT2D eigenvalue weighted by atomic mass is 35.5. The van der Waals surface area contributed by atoms with Crippen LogP contribution in [0.2, 0.25) is 5.02 Å². The smallest absolute Gasteiger partial charge is 0.289 e. The van der Waals surface area contributed by atoms with Gasteiger partial charge in [0, 0.05) is 13.1 Å². The fourth-order valence-corrected chi connectivity index (χ4v) is 5.66. The molecule has 2 aromatic rings. The molecule has 30 heavy (non-hydrogen) atoms. The van der Waals surface area contributed by atoms with Gasteiger partial charge in [0.15, 0.2) is 0 Å². The van der Waals surface area contributed by atoms with Crippen LogP contribution in [0.15, 0.2) is 52.3 Å². The Morgan fingerprint density at radius 1 is 1.10 bits per heavy atom. The average Bonchev–Trinajstić information content (AvgIpc) is 2.71. The normalized spacial score (nSPS) is 15.3. The molecule has 0 radical (unpaired) electrons. The minimum absolute atomic E-state index is 0.0324. The van der Waals surface area contributed by atoms with Crippen LogP contribution in [-0.2, 0) is 21.2 Å². The van der Waals surface area contributed by atoms with Gasteiger partial charge in [-0.3, -0.25) is 4.79 Å². The number of nitrogens with zero attached hydrogens (tertiary/aromatic N) is 1. The number of piperidine rings is 1. The molecule has 0 unspecified atom stereocenters. The molecule has 10 heteroatoms. The van der Waals surface area contributed by atoms with E-state index in [1.54, 1.807) is 18.2 Å². The summed E-state index contributed by atoms with van der Waals surface area (Å²) in [5.41, 5.74) is 0.817. The predicted molar refractivity (Wildman–Crippen MR) is 115 cm³/mol. The van der Waals surface area contributed by atoms with E-state index in [0.29, 0.717) is 18.7 Å². The van der Waals surface area contributed by atoms with Gasteiger partial charge >= 0.3 is 0 Å². The molecule has 1 heterocycles. The Balaban J connectivity index is 1.68. The monoisotopic (exact) mass is 474 g/mol. The Morgan fingerprint density at radius 2 is 1.77 bits per heavy atom. The van der Waals surface area contributed by atoms with E-state index in [1.165, 1.54) is 28.6 Å². The molecular weight excluding hydrogens is 454 g/mol. The fourth-order valence-electron chi connectivity index (χ4n) is 3.23. The summed E-state index contributed by atoms with van der Waals surface area (Å²) in [4.78, 5) is 12.7. The molecule has 2 aromatic carbocycles. The second-order valence-corrected chi connectivity index (χ2v) is 10.2. The van der Waals surface area contributed by atoms with Gasteiger partial charge < -0.3 is 5.32 Å². The molecule has 0 aliphatic carbocycles. The van der Waals surface area contributed by atoms with Gasteiger partial charge in [-0.05, 0) is 42.7 Å². The highest BCUT2D eigenvalue weighted by molar-refractivity contribution is 7.99. The summed E-state index contributed by atoms with van der Waals surface area (Å²) in [7, 11) is -3.53. The summed E-state index contributed by atoms with van der Waals surface area (Å²) < 4.78 is 52.4. The summed E-state index contributed by atoms with van der Waals surface area (Å²) in [5, 5.41) is 2.73. The van der Waals surface area contributed by atoms with Crippen molar-refractivity contribution in [2.45, 2.75) is 41.2 Å². The lowest BCUT2D eigenvalue weighted by Crippen LogP contribution is -2.35. The Kier molecular flexibility index (Phi) is 7.73. The molecule has 1 saturated heterocycles. The highest BCUT2D eigenvalue weighted by Crippen LogP contribution is 2.37. The molecule has 0 spiro atoms. The first kappa shape index (κ1) is 23.0. The van der Waals surface area contributed by atoms with Crippen LogP contribution < -0.4 is 5.32 Å². The van der Waals surface area contributed by atoms with Gasteiger partial charge in [0.05, 0.1) is 26.9 Å². The van der Waals surface area contributed by atoms with Gasteiger partial charge in [0.2, 0.25) is 15.9 Å². The lowest BCUT2D eigenvalue weighted by Gasteiger charge is -2.25. The molecular formula is C20H21ClF2N2O3S2. The number of anilines is 1. The summed E-state index contributed by atoms with van der Waals surface area (Å²) in [6, 6.07) is 10.7. The maximum atomic E-state index is 12.8. The van der Waals surface area contributed by atoms with E-state index in [1.807, 2.05) is 0 Å². The van der Waals surface area contributed by atoms with Crippen molar-refractivity contribution >= 4 is 45.0 Å². The van der Waals surface area contributed by atoms with E-state index in [-0.39, 0.29) is 38.7 Å². The van der Waals surface area contributed by atoms with E-state index >= 15 is 0 Å². The topological polar surface area (TPSA) is 66.5 Å². The standard InChI is InChI=1S/C20H21ClF2N2O3S2/c21-16-5-4-6-17(19(16)29-20(22)23)24-18(26)13-14-7-9-15(10-8-14)30(27,28)25-11-2-1-3-12-25/h4-10,20H,1-3,11-13H2,(H,24,26). The van der Waals surface area contributed by atoms with Crippen LogP contribution in [0.3, 0.4) is 0 Å². The first-order valence-corrected chi connectivity index (χ1v) is 12.1. The predicted octanol–water partition coefficient (Wildman–Crippen LogP) is 5.01. The number of thioether (sulfide) groups is 1. The molecule has 0 bridgehead atoms. The maximum Gasteiger partial charge on any atom is 0.289 e. The van der Waals surface area contributed by atoms with Crippen LogP contribution in [0.5, 0.6) is 0 Å². The third kappa shape index (κ3) is 5.72. The molecule has 1 aliphatic rings. The number of benzene rings is 2. The summed E-state index contributed by atoms with van der Waals surface area (Å²) in [6.07, 6.45) is 2.71. The second-order valence-electron chi connectivity index (χ2n) is 6.83. The zero-order valence-electron chi connectivity index (χ0n) is 16.0. The van der Waals surface area contributed by atoms with Crippen molar-refractivity contribution in [3.8, 4) is 0 Å². The molecule has 1 amide bonds. The molecule has 0 atom stereocenters. The van der Waals surface area contributed by atoms with E-state index < -0.39 is 21.7 Å². The minimum Gasteiger partial charge on any atom is -0.325 e. The minimum atomic E-state index is -3.53. The number of rotatable bonds is 7. The number of amides is 1. The number of carbonyl (C=O) groups is 1. The molecule has 5 nitrogen and oxygen atoms in total. The molecule has 1 N–H and O–H groups in total. The molecule has 162 valence electrons. The van der Waals surface area contributed by atoms with Gasteiger partial charge in [-0.1, -0.05) is 48.0 Å². The summed E-state index contributed by atoms with van der Waals surface area (Å²) >= 11 is 6.24. The van der Waals surface area contributed by atoms with Crippen molar-refractivity contribution in [1.82, 2.24) is 4.31 Å². The Bertz CT molecular complexity index is 996. The van der Waals surface area contributed by atoms with Crippen LogP contribution in [0.1, 0.15) is 24.8 Å². The molecule has 1 fully saturated rings. The Hall–Kier alpha value is -1.68. The van der Waals surface area contributed by atoms with Crippen LogP contribution in [-0.4, -0.2) is 37.5 Å². The van der Waals surface area contributed by atoms with Crippen LogP contribution >= 0.6 is 23.4 Å². The number of nitrogens with one attached hydrogen (secondary N) is 1. The zero-order chi connectivity index (χ0) is 21.7. The van der Waals surface area contributed by atoms with Gasteiger partial charge in [-0.25, -0.2) is 8.42 Å². The number of carbonyl (C=O) groups excluding carboxylic acids is 1. The van der Waals surface area contributed by atoms with E-state index in [0.717, 1.165) is 19.3 Å². The highest BCUT2D eigenvalue weighted by Gasteiger charge is 2.25. The lowest BCUT2D eigenvalue weighted by atomic mass is 10.1. The quantitative estimate of drug-likeness (QED) is 0.573. The largest absolute Gasteiger partial charge is 0.325 e. The molecule has 0 saturated carbocycles. The van der Waals surface area contributed by atoms with Crippen LogP contribution in [0, 0.1) is 0 Å². The van der Waals surface area contributed by atoms with Gasteiger partial charge in [-0.2, -0.15) is 13.1 Å². The Morgan fingerprint density at radius 3 is 2.40 bits per heavy atom. The number of sulfonamides is 1. The van der Waals surface area contributed by atoms with Crippen molar-refractivity contribution in [3.63, 3.8) is 0 Å². The van der Waals surface area contributed by atoms with Crippen molar-refractivity contribution < 1.29 is 22.0 Å².